The second-order valence-corrected chi connectivity index (χ2v) is 4.28. The van der Waals surface area contributed by atoms with Gasteiger partial charge in [0.05, 0.1) is 6.10 Å². The van der Waals surface area contributed by atoms with Gasteiger partial charge in [-0.2, -0.15) is 0 Å². The standard InChI is InChI=1S/C12H19ClN2O/c1-3-9(4-2)11(16)8-15-10-5-6-14-12(13)7-10/h5-7,9,11,16H,3-4,8H2,1-2H3,(H,14,15). The third-order valence-corrected chi connectivity index (χ3v) is 3.04. The van der Waals surface area contributed by atoms with Gasteiger partial charge in [0.25, 0.3) is 0 Å². The summed E-state index contributed by atoms with van der Waals surface area (Å²) in [6.07, 6.45) is 3.32. The van der Waals surface area contributed by atoms with Crippen molar-refractivity contribution in [2.24, 2.45) is 5.92 Å². The highest BCUT2D eigenvalue weighted by Gasteiger charge is 2.14. The quantitative estimate of drug-likeness (QED) is 0.754. The van der Waals surface area contributed by atoms with Crippen molar-refractivity contribution in [3.05, 3.63) is 23.5 Å². The third kappa shape index (κ3) is 3.99. The molecule has 2 N–H and O–H groups in total. The zero-order valence-electron chi connectivity index (χ0n) is 9.78. The molecule has 1 unspecified atom stereocenters. The van der Waals surface area contributed by atoms with Gasteiger partial charge in [0.1, 0.15) is 5.15 Å². The van der Waals surface area contributed by atoms with Crippen molar-refractivity contribution in [1.82, 2.24) is 4.98 Å². The minimum atomic E-state index is -0.318. The van der Waals surface area contributed by atoms with E-state index in [2.05, 4.69) is 24.1 Å². The van der Waals surface area contributed by atoms with Gasteiger partial charge in [-0.3, -0.25) is 0 Å². The summed E-state index contributed by atoms with van der Waals surface area (Å²) in [6, 6.07) is 3.59. The molecule has 0 saturated carbocycles. The van der Waals surface area contributed by atoms with Crippen molar-refractivity contribution >= 4 is 17.3 Å². The van der Waals surface area contributed by atoms with Crippen LogP contribution in [-0.4, -0.2) is 22.7 Å². The van der Waals surface area contributed by atoms with Gasteiger partial charge in [-0.1, -0.05) is 38.3 Å². The number of nitrogens with one attached hydrogen (secondary N) is 1. The normalized spacial score (nSPS) is 12.8. The van der Waals surface area contributed by atoms with Crippen molar-refractivity contribution < 1.29 is 5.11 Å². The van der Waals surface area contributed by atoms with Crippen LogP contribution in [0.3, 0.4) is 0 Å². The van der Waals surface area contributed by atoms with Crippen LogP contribution in [0.1, 0.15) is 26.7 Å². The third-order valence-electron chi connectivity index (χ3n) is 2.83. The number of pyridine rings is 1. The van der Waals surface area contributed by atoms with Crippen LogP contribution in [0.2, 0.25) is 5.15 Å². The molecule has 0 spiro atoms. The summed E-state index contributed by atoms with van der Waals surface area (Å²) in [5.74, 6) is 0.352. The van der Waals surface area contributed by atoms with Crippen LogP contribution in [0.4, 0.5) is 5.69 Å². The maximum absolute atomic E-state index is 9.93. The number of aliphatic hydroxyl groups is 1. The van der Waals surface area contributed by atoms with E-state index in [1.807, 2.05) is 6.07 Å². The van der Waals surface area contributed by atoms with Gasteiger partial charge in [0.2, 0.25) is 0 Å². The molecular formula is C12H19ClN2O. The summed E-state index contributed by atoms with van der Waals surface area (Å²) in [7, 11) is 0. The van der Waals surface area contributed by atoms with Crippen LogP contribution in [0.25, 0.3) is 0 Å². The van der Waals surface area contributed by atoms with Crippen molar-refractivity contribution in [1.29, 1.82) is 0 Å². The predicted molar refractivity (Wildman–Crippen MR) is 67.8 cm³/mol. The van der Waals surface area contributed by atoms with Crippen LogP contribution in [0.15, 0.2) is 18.3 Å². The first-order chi connectivity index (χ1) is 7.67. The highest BCUT2D eigenvalue weighted by atomic mass is 35.5. The minimum absolute atomic E-state index is 0.318. The number of hydrogen-bond acceptors (Lipinski definition) is 3. The Balaban J connectivity index is 2.45. The fraction of sp³-hybridized carbons (Fsp3) is 0.583. The van der Waals surface area contributed by atoms with Crippen LogP contribution < -0.4 is 5.32 Å². The first-order valence-corrected chi connectivity index (χ1v) is 6.08. The molecule has 0 aliphatic rings. The molecule has 4 heteroatoms. The Labute approximate surface area is 102 Å². The van der Waals surface area contributed by atoms with Crippen LogP contribution in [0.5, 0.6) is 0 Å². The molecule has 1 aromatic rings. The molecule has 1 aromatic heterocycles. The Morgan fingerprint density at radius 3 is 2.69 bits per heavy atom. The number of anilines is 1. The maximum atomic E-state index is 9.93. The molecule has 0 aliphatic carbocycles. The van der Waals surface area contributed by atoms with Crippen molar-refractivity contribution in [3.63, 3.8) is 0 Å². The Morgan fingerprint density at radius 2 is 2.12 bits per heavy atom. The van der Waals surface area contributed by atoms with Gasteiger partial charge in [-0.05, 0) is 18.1 Å². The number of aliphatic hydroxyl groups excluding tert-OH is 1. The molecule has 0 radical (unpaired) electrons. The molecule has 0 saturated heterocycles. The average Bonchev–Trinajstić information content (AvgIpc) is 2.28. The van der Waals surface area contributed by atoms with Gasteiger partial charge in [0, 0.05) is 18.4 Å². The lowest BCUT2D eigenvalue weighted by Gasteiger charge is -2.20. The first-order valence-electron chi connectivity index (χ1n) is 5.70. The van der Waals surface area contributed by atoms with E-state index in [0.29, 0.717) is 17.6 Å². The van der Waals surface area contributed by atoms with E-state index in [9.17, 15) is 5.11 Å². The molecule has 0 aromatic carbocycles. The Morgan fingerprint density at radius 1 is 1.44 bits per heavy atom. The average molecular weight is 243 g/mol. The molecule has 1 atom stereocenters. The molecule has 1 heterocycles. The summed E-state index contributed by atoms with van der Waals surface area (Å²) in [5.41, 5.74) is 0.894. The zero-order valence-corrected chi connectivity index (χ0v) is 10.5. The fourth-order valence-electron chi connectivity index (χ4n) is 1.73. The largest absolute Gasteiger partial charge is 0.391 e. The van der Waals surface area contributed by atoms with Crippen molar-refractivity contribution in [3.8, 4) is 0 Å². The SMILES string of the molecule is CCC(CC)C(O)CNc1ccnc(Cl)c1. The highest BCUT2D eigenvalue weighted by molar-refractivity contribution is 6.29. The predicted octanol–water partition coefficient (Wildman–Crippen LogP) is 2.94. The van der Waals surface area contributed by atoms with Crippen LogP contribution in [0, 0.1) is 5.92 Å². The van der Waals surface area contributed by atoms with Gasteiger partial charge in [0.15, 0.2) is 0 Å². The summed E-state index contributed by atoms with van der Waals surface area (Å²) in [4.78, 5) is 3.90. The van der Waals surface area contributed by atoms with E-state index >= 15 is 0 Å². The van der Waals surface area contributed by atoms with E-state index in [0.717, 1.165) is 18.5 Å². The molecule has 0 bridgehead atoms. The summed E-state index contributed by atoms with van der Waals surface area (Å²) in [5, 5.41) is 13.5. The van der Waals surface area contributed by atoms with Crippen molar-refractivity contribution in [2.45, 2.75) is 32.8 Å². The van der Waals surface area contributed by atoms with E-state index in [1.54, 1.807) is 12.3 Å². The van der Waals surface area contributed by atoms with Gasteiger partial charge >= 0.3 is 0 Å². The van der Waals surface area contributed by atoms with Crippen molar-refractivity contribution in [2.75, 3.05) is 11.9 Å². The summed E-state index contributed by atoms with van der Waals surface area (Å²) < 4.78 is 0. The topological polar surface area (TPSA) is 45.1 Å². The van der Waals surface area contributed by atoms with E-state index in [4.69, 9.17) is 11.6 Å². The lowest BCUT2D eigenvalue weighted by molar-refractivity contribution is 0.114. The molecule has 90 valence electrons. The Kier molecular flexibility index (Phi) is 5.56. The molecule has 0 aliphatic heterocycles. The maximum Gasteiger partial charge on any atom is 0.131 e. The van der Waals surface area contributed by atoms with E-state index in [-0.39, 0.29) is 6.10 Å². The lowest BCUT2D eigenvalue weighted by Crippen LogP contribution is -2.27. The van der Waals surface area contributed by atoms with E-state index in [1.165, 1.54) is 0 Å². The smallest absolute Gasteiger partial charge is 0.131 e. The second kappa shape index (κ2) is 6.71. The summed E-state index contributed by atoms with van der Waals surface area (Å²) >= 11 is 5.76. The second-order valence-electron chi connectivity index (χ2n) is 3.89. The Hall–Kier alpha value is -0.800. The zero-order chi connectivity index (χ0) is 12.0. The molecular weight excluding hydrogens is 224 g/mol. The number of rotatable bonds is 6. The first kappa shape index (κ1) is 13.3. The van der Waals surface area contributed by atoms with Gasteiger partial charge in [-0.15, -0.1) is 0 Å². The monoisotopic (exact) mass is 242 g/mol. The number of aromatic nitrogens is 1. The molecule has 0 amide bonds. The van der Waals surface area contributed by atoms with Crippen LogP contribution in [-0.2, 0) is 0 Å². The van der Waals surface area contributed by atoms with Gasteiger partial charge < -0.3 is 10.4 Å². The number of halogens is 1. The molecule has 3 nitrogen and oxygen atoms in total. The molecule has 16 heavy (non-hydrogen) atoms. The van der Waals surface area contributed by atoms with Crippen LogP contribution >= 0.6 is 11.6 Å². The molecule has 0 fully saturated rings. The lowest BCUT2D eigenvalue weighted by atomic mass is 9.96. The van der Waals surface area contributed by atoms with E-state index < -0.39 is 0 Å². The Bertz CT molecular complexity index is 316. The number of hydrogen-bond donors (Lipinski definition) is 2. The molecule has 1 rings (SSSR count). The van der Waals surface area contributed by atoms with Gasteiger partial charge in [-0.25, -0.2) is 4.98 Å². The minimum Gasteiger partial charge on any atom is -0.391 e. The number of nitrogens with zero attached hydrogens (tertiary/aromatic N) is 1. The fourth-order valence-corrected chi connectivity index (χ4v) is 1.91. The summed E-state index contributed by atoms with van der Waals surface area (Å²) in [6.45, 7) is 4.74. The highest BCUT2D eigenvalue weighted by Crippen LogP contribution is 2.15.